The highest BCUT2D eigenvalue weighted by molar-refractivity contribution is 8.14. The lowest BCUT2D eigenvalue weighted by atomic mass is 10.3. The van der Waals surface area contributed by atoms with Gasteiger partial charge in [-0.1, -0.05) is 6.92 Å². The van der Waals surface area contributed by atoms with E-state index in [1.54, 1.807) is 13.8 Å². The predicted molar refractivity (Wildman–Crippen MR) is 49.9 cm³/mol. The Hall–Kier alpha value is 0.200. The Balaban J connectivity index is 4.02. The first kappa shape index (κ1) is 12.2. The van der Waals surface area contributed by atoms with Crippen LogP contribution < -0.4 is 0 Å². The third kappa shape index (κ3) is 4.28. The molecule has 12 heavy (non-hydrogen) atoms. The summed E-state index contributed by atoms with van der Waals surface area (Å²) in [5.74, 6) is 0. The number of rotatable bonds is 5. The molecule has 0 aromatic heterocycles. The van der Waals surface area contributed by atoms with E-state index in [4.69, 9.17) is 15.4 Å². The highest BCUT2D eigenvalue weighted by Gasteiger charge is 2.24. The van der Waals surface area contributed by atoms with Crippen molar-refractivity contribution in [2.75, 3.05) is 6.61 Å². The molecule has 0 N–H and O–H groups in total. The first-order valence-corrected chi connectivity index (χ1v) is 6.32. The lowest BCUT2D eigenvalue weighted by Crippen LogP contribution is -2.28. The number of ether oxygens (including phenoxy) is 1. The summed E-state index contributed by atoms with van der Waals surface area (Å²) in [6, 6.07) is 0. The van der Waals surface area contributed by atoms with Crippen LogP contribution in [0.2, 0.25) is 0 Å². The molecule has 0 aromatic carbocycles. The van der Waals surface area contributed by atoms with Crippen molar-refractivity contribution in [3.8, 4) is 0 Å². The van der Waals surface area contributed by atoms with E-state index < -0.39 is 14.3 Å². The zero-order valence-corrected chi connectivity index (χ0v) is 9.15. The van der Waals surface area contributed by atoms with Gasteiger partial charge in [0.15, 0.2) is 0 Å². The molecule has 0 aliphatic carbocycles. The van der Waals surface area contributed by atoms with Crippen molar-refractivity contribution in [1.29, 1.82) is 0 Å². The molecule has 3 nitrogen and oxygen atoms in total. The molecule has 0 aliphatic heterocycles. The first-order chi connectivity index (χ1) is 5.39. The third-order valence-electron chi connectivity index (χ3n) is 1.69. The summed E-state index contributed by atoms with van der Waals surface area (Å²) in [6.45, 7) is 5.79. The van der Waals surface area contributed by atoms with Crippen LogP contribution in [0.25, 0.3) is 0 Å². The van der Waals surface area contributed by atoms with Crippen LogP contribution in [0.1, 0.15) is 27.2 Å². The highest BCUT2D eigenvalue weighted by atomic mass is 35.7. The van der Waals surface area contributed by atoms with E-state index >= 15 is 0 Å². The quantitative estimate of drug-likeness (QED) is 0.655. The molecule has 0 amide bonds. The smallest absolute Gasteiger partial charge is 0.237 e. The Morgan fingerprint density at radius 3 is 2.25 bits per heavy atom. The van der Waals surface area contributed by atoms with Crippen LogP contribution in [-0.4, -0.2) is 26.4 Å². The molecule has 1 unspecified atom stereocenters. The van der Waals surface area contributed by atoms with E-state index in [-0.39, 0.29) is 6.10 Å². The van der Waals surface area contributed by atoms with E-state index in [0.29, 0.717) is 6.61 Å². The van der Waals surface area contributed by atoms with Gasteiger partial charge < -0.3 is 4.74 Å². The maximum atomic E-state index is 10.8. The summed E-state index contributed by atoms with van der Waals surface area (Å²) < 4.78 is 26.9. The third-order valence-corrected chi connectivity index (χ3v) is 3.80. The minimum absolute atomic E-state index is 0.340. The number of hydrogen-bond donors (Lipinski definition) is 0. The van der Waals surface area contributed by atoms with E-state index in [0.717, 1.165) is 6.42 Å². The molecule has 2 atom stereocenters. The van der Waals surface area contributed by atoms with Crippen molar-refractivity contribution < 1.29 is 13.2 Å². The van der Waals surface area contributed by atoms with E-state index in [1.165, 1.54) is 0 Å². The number of halogens is 1. The molecule has 0 heterocycles. The molecule has 0 aromatic rings. The van der Waals surface area contributed by atoms with Crippen molar-refractivity contribution in [2.24, 2.45) is 0 Å². The molecule has 0 saturated carbocycles. The van der Waals surface area contributed by atoms with Gasteiger partial charge >= 0.3 is 0 Å². The minimum atomic E-state index is -3.49. The average Bonchev–Trinajstić information content (AvgIpc) is 1.97. The van der Waals surface area contributed by atoms with Crippen LogP contribution in [0.4, 0.5) is 0 Å². The maximum absolute atomic E-state index is 10.8. The zero-order valence-electron chi connectivity index (χ0n) is 7.58. The Bertz CT molecular complexity index is 213. The summed E-state index contributed by atoms with van der Waals surface area (Å²) >= 11 is 0. The van der Waals surface area contributed by atoms with Gasteiger partial charge in [0.05, 0.1) is 11.4 Å². The van der Waals surface area contributed by atoms with Crippen molar-refractivity contribution in [3.05, 3.63) is 0 Å². The standard InChI is InChI=1S/C7H15ClO3S/c1-4-5-11-6(2)7(3)12(8,9)10/h6-7H,4-5H2,1-3H3/t6-,7?/m0/s1. The van der Waals surface area contributed by atoms with Gasteiger partial charge in [0.2, 0.25) is 9.05 Å². The number of hydrogen-bond acceptors (Lipinski definition) is 3. The van der Waals surface area contributed by atoms with Gasteiger partial charge in [-0.3, -0.25) is 0 Å². The summed E-state index contributed by atoms with van der Waals surface area (Å²) in [5.41, 5.74) is 0. The Morgan fingerprint density at radius 2 is 1.92 bits per heavy atom. The molecule has 0 bridgehead atoms. The maximum Gasteiger partial charge on any atom is 0.237 e. The zero-order chi connectivity index (χ0) is 9.78. The van der Waals surface area contributed by atoms with Gasteiger partial charge in [0, 0.05) is 17.3 Å². The second-order valence-corrected chi connectivity index (χ2v) is 5.74. The predicted octanol–water partition coefficient (Wildman–Crippen LogP) is 1.76. The van der Waals surface area contributed by atoms with Crippen LogP contribution in [0, 0.1) is 0 Å². The van der Waals surface area contributed by atoms with Crippen molar-refractivity contribution in [2.45, 2.75) is 38.5 Å². The Kier molecular flexibility index (Phi) is 5.13. The largest absolute Gasteiger partial charge is 0.377 e. The van der Waals surface area contributed by atoms with Crippen LogP contribution in [0.3, 0.4) is 0 Å². The lowest BCUT2D eigenvalue weighted by Gasteiger charge is -2.16. The van der Waals surface area contributed by atoms with E-state index in [1.807, 2.05) is 6.92 Å². The molecule has 0 spiro atoms. The fourth-order valence-corrected chi connectivity index (χ4v) is 1.64. The van der Waals surface area contributed by atoms with Crippen molar-refractivity contribution in [3.63, 3.8) is 0 Å². The van der Waals surface area contributed by atoms with Gasteiger partial charge in [-0.05, 0) is 20.3 Å². The van der Waals surface area contributed by atoms with Gasteiger partial charge in [0.1, 0.15) is 0 Å². The van der Waals surface area contributed by atoms with Crippen LogP contribution in [0.15, 0.2) is 0 Å². The summed E-state index contributed by atoms with van der Waals surface area (Å²) in [6.07, 6.45) is 0.534. The minimum Gasteiger partial charge on any atom is -0.377 e. The summed E-state index contributed by atoms with van der Waals surface area (Å²) in [4.78, 5) is 0. The second-order valence-electron chi connectivity index (χ2n) is 2.76. The molecule has 0 saturated heterocycles. The lowest BCUT2D eigenvalue weighted by molar-refractivity contribution is 0.0665. The Morgan fingerprint density at radius 1 is 1.42 bits per heavy atom. The molecule has 0 aliphatic rings. The normalized spacial score (nSPS) is 17.3. The van der Waals surface area contributed by atoms with Gasteiger partial charge in [0.25, 0.3) is 0 Å². The van der Waals surface area contributed by atoms with E-state index in [9.17, 15) is 8.42 Å². The topological polar surface area (TPSA) is 43.4 Å². The van der Waals surface area contributed by atoms with E-state index in [2.05, 4.69) is 0 Å². The van der Waals surface area contributed by atoms with Gasteiger partial charge in [-0.2, -0.15) is 0 Å². The fraction of sp³-hybridized carbons (Fsp3) is 1.00. The van der Waals surface area contributed by atoms with Crippen LogP contribution >= 0.6 is 10.7 Å². The summed E-state index contributed by atoms with van der Waals surface area (Å²) in [7, 11) is 1.66. The SMILES string of the molecule is CCCO[C@@H](C)C(C)S(=O)(=O)Cl. The molecule has 0 rings (SSSR count). The Labute approximate surface area is 78.5 Å². The van der Waals surface area contributed by atoms with Crippen molar-refractivity contribution >= 4 is 19.7 Å². The monoisotopic (exact) mass is 214 g/mol. The molecule has 0 radical (unpaired) electrons. The first-order valence-electron chi connectivity index (χ1n) is 3.94. The van der Waals surface area contributed by atoms with Gasteiger partial charge in [-0.15, -0.1) is 0 Å². The second kappa shape index (κ2) is 5.04. The molecule has 74 valence electrons. The van der Waals surface area contributed by atoms with Crippen LogP contribution in [-0.2, 0) is 13.8 Å². The van der Waals surface area contributed by atoms with Crippen LogP contribution in [0.5, 0.6) is 0 Å². The fourth-order valence-electron chi connectivity index (χ4n) is 0.668. The molecular weight excluding hydrogens is 200 g/mol. The highest BCUT2D eigenvalue weighted by Crippen LogP contribution is 2.13. The molecule has 5 heteroatoms. The van der Waals surface area contributed by atoms with Crippen molar-refractivity contribution in [1.82, 2.24) is 0 Å². The average molecular weight is 215 g/mol. The van der Waals surface area contributed by atoms with Gasteiger partial charge in [-0.25, -0.2) is 8.42 Å². The summed E-state index contributed by atoms with van der Waals surface area (Å²) in [5, 5.41) is -0.647. The molecule has 0 fully saturated rings. The molecular formula is C7H15ClO3S.